The molecule has 0 N–H and O–H groups in total. The zero-order valence-electron chi connectivity index (χ0n) is 7.29. The largest absolute Gasteiger partial charge is 0.463 e. The Labute approximate surface area is 81.5 Å². The predicted molar refractivity (Wildman–Crippen MR) is 47.5 cm³/mol. The molecule has 0 aliphatic carbocycles. The molecule has 0 heterocycles. The summed E-state index contributed by atoms with van der Waals surface area (Å²) in [5.74, 6) is -1.16. The summed E-state index contributed by atoms with van der Waals surface area (Å²) in [4.78, 5) is 21.2. The summed E-state index contributed by atoms with van der Waals surface area (Å²) in [6.45, 7) is 2.06. The van der Waals surface area contributed by atoms with Crippen molar-refractivity contribution in [3.63, 3.8) is 0 Å². The van der Waals surface area contributed by atoms with Crippen LogP contribution in [-0.2, 0) is 19.1 Å². The van der Waals surface area contributed by atoms with E-state index in [-0.39, 0.29) is 12.5 Å². The molecule has 0 fully saturated rings. The van der Waals surface area contributed by atoms with Gasteiger partial charge in [-0.2, -0.15) is 0 Å². The lowest BCUT2D eigenvalue weighted by atomic mass is 10.5. The molecule has 0 aliphatic heterocycles. The molecule has 0 aromatic heterocycles. The smallest absolute Gasteiger partial charge is 0.330 e. The number of rotatable bonds is 5. The fourth-order valence-electron chi connectivity index (χ4n) is 0.514. The van der Waals surface area contributed by atoms with Crippen LogP contribution in [0.2, 0.25) is 0 Å². The van der Waals surface area contributed by atoms with E-state index in [1.54, 1.807) is 6.92 Å². The van der Waals surface area contributed by atoms with Gasteiger partial charge in [0.2, 0.25) is 0 Å². The number of ether oxygens (including phenoxy) is 2. The van der Waals surface area contributed by atoms with Crippen molar-refractivity contribution in [3.8, 4) is 0 Å². The van der Waals surface area contributed by atoms with Crippen molar-refractivity contribution < 1.29 is 19.1 Å². The SMILES string of the molecule is CCOC(=O)/C=C/COC(=O)CCl. The molecule has 0 unspecified atom stereocenters. The van der Waals surface area contributed by atoms with Crippen molar-refractivity contribution in [2.45, 2.75) is 6.92 Å². The molecule has 0 saturated heterocycles. The van der Waals surface area contributed by atoms with Gasteiger partial charge < -0.3 is 9.47 Å². The van der Waals surface area contributed by atoms with Crippen LogP contribution in [0, 0.1) is 0 Å². The maximum Gasteiger partial charge on any atom is 0.330 e. The van der Waals surface area contributed by atoms with Gasteiger partial charge in [0.1, 0.15) is 12.5 Å². The number of hydrogen-bond donors (Lipinski definition) is 0. The molecule has 0 spiro atoms. The van der Waals surface area contributed by atoms with E-state index in [4.69, 9.17) is 11.6 Å². The monoisotopic (exact) mass is 206 g/mol. The molecule has 5 heteroatoms. The predicted octanol–water partition coefficient (Wildman–Crippen LogP) is 0.888. The third-order valence-corrected chi connectivity index (χ3v) is 1.21. The quantitative estimate of drug-likeness (QED) is 0.381. The molecule has 0 saturated carbocycles. The van der Waals surface area contributed by atoms with Gasteiger partial charge in [0.05, 0.1) is 6.61 Å². The first-order valence-corrected chi connectivity index (χ1v) is 4.29. The standard InChI is InChI=1S/C8H11ClO4/c1-2-12-7(10)4-3-5-13-8(11)6-9/h3-4H,2,5-6H2,1H3/b4-3+. The molecule has 0 atom stereocenters. The Kier molecular flexibility index (Phi) is 7.01. The molecule has 0 aliphatic rings. The minimum absolute atomic E-state index is 0.0321. The van der Waals surface area contributed by atoms with Crippen LogP contribution in [-0.4, -0.2) is 31.0 Å². The topological polar surface area (TPSA) is 52.6 Å². The number of carbonyl (C=O) groups excluding carboxylic acids is 2. The van der Waals surface area contributed by atoms with Crippen LogP contribution in [0.4, 0.5) is 0 Å². The molecule has 0 radical (unpaired) electrons. The Morgan fingerprint density at radius 2 is 2.08 bits per heavy atom. The molecule has 74 valence electrons. The van der Waals surface area contributed by atoms with Crippen LogP contribution in [0.25, 0.3) is 0 Å². The summed E-state index contributed by atoms with van der Waals surface area (Å²) in [6, 6.07) is 0. The van der Waals surface area contributed by atoms with Gasteiger partial charge in [-0.15, -0.1) is 11.6 Å². The third kappa shape index (κ3) is 7.33. The maximum absolute atomic E-state index is 10.7. The Hall–Kier alpha value is -1.03. The second kappa shape index (κ2) is 7.61. The summed E-state index contributed by atoms with van der Waals surface area (Å²) >= 11 is 5.15. The fourth-order valence-corrected chi connectivity index (χ4v) is 0.591. The first-order valence-electron chi connectivity index (χ1n) is 3.75. The number of esters is 2. The lowest BCUT2D eigenvalue weighted by molar-refractivity contribution is -0.140. The second-order valence-corrected chi connectivity index (χ2v) is 2.24. The van der Waals surface area contributed by atoms with Gasteiger partial charge in [0.25, 0.3) is 0 Å². The number of carbonyl (C=O) groups is 2. The summed E-state index contributed by atoms with van der Waals surface area (Å²) < 4.78 is 9.14. The molecule has 4 nitrogen and oxygen atoms in total. The summed E-state index contributed by atoms with van der Waals surface area (Å²) in [6.07, 6.45) is 2.59. The highest BCUT2D eigenvalue weighted by Crippen LogP contribution is 1.85. The van der Waals surface area contributed by atoms with E-state index in [0.717, 1.165) is 0 Å². The highest BCUT2D eigenvalue weighted by molar-refractivity contribution is 6.26. The molecule has 0 aromatic carbocycles. The van der Waals surface area contributed by atoms with Crippen LogP contribution < -0.4 is 0 Å². The zero-order chi connectivity index (χ0) is 10.1. The summed E-state index contributed by atoms with van der Waals surface area (Å²) in [5.41, 5.74) is 0. The van der Waals surface area contributed by atoms with Crippen molar-refractivity contribution in [2.75, 3.05) is 19.1 Å². The third-order valence-electron chi connectivity index (χ3n) is 0.990. The zero-order valence-corrected chi connectivity index (χ0v) is 8.04. The van der Waals surface area contributed by atoms with Gasteiger partial charge in [-0.3, -0.25) is 4.79 Å². The molecule has 0 aromatic rings. The highest BCUT2D eigenvalue weighted by Gasteiger charge is 1.97. The molecule has 13 heavy (non-hydrogen) atoms. The second-order valence-electron chi connectivity index (χ2n) is 1.97. The molecule has 0 rings (SSSR count). The van der Waals surface area contributed by atoms with Gasteiger partial charge in [0, 0.05) is 6.08 Å². The van der Waals surface area contributed by atoms with Gasteiger partial charge >= 0.3 is 11.9 Å². The minimum atomic E-state index is -0.518. The van der Waals surface area contributed by atoms with Crippen LogP contribution in [0.15, 0.2) is 12.2 Å². The van der Waals surface area contributed by atoms with Crippen LogP contribution in [0.3, 0.4) is 0 Å². The number of alkyl halides is 1. The Morgan fingerprint density at radius 3 is 2.62 bits per heavy atom. The molecule has 0 amide bonds. The number of halogens is 1. The van der Waals surface area contributed by atoms with Crippen molar-refractivity contribution in [3.05, 3.63) is 12.2 Å². The first kappa shape index (κ1) is 12.0. The average molecular weight is 207 g/mol. The first-order chi connectivity index (χ1) is 6.20. The molecular formula is C8H11ClO4. The van der Waals surface area contributed by atoms with Crippen molar-refractivity contribution >= 4 is 23.5 Å². The summed E-state index contributed by atoms with van der Waals surface area (Å²) in [5, 5.41) is 0. The number of hydrogen-bond acceptors (Lipinski definition) is 4. The van der Waals surface area contributed by atoms with Gasteiger partial charge in [-0.1, -0.05) is 0 Å². The average Bonchev–Trinajstić information content (AvgIpc) is 2.12. The Balaban J connectivity index is 3.51. The van der Waals surface area contributed by atoms with E-state index >= 15 is 0 Å². The highest BCUT2D eigenvalue weighted by atomic mass is 35.5. The van der Waals surface area contributed by atoms with E-state index in [0.29, 0.717) is 6.61 Å². The van der Waals surface area contributed by atoms with E-state index < -0.39 is 11.9 Å². The van der Waals surface area contributed by atoms with Gasteiger partial charge in [0.15, 0.2) is 0 Å². The van der Waals surface area contributed by atoms with E-state index in [9.17, 15) is 9.59 Å². The minimum Gasteiger partial charge on any atom is -0.463 e. The molecular weight excluding hydrogens is 196 g/mol. The Morgan fingerprint density at radius 1 is 1.38 bits per heavy atom. The lowest BCUT2D eigenvalue weighted by Crippen LogP contribution is -2.06. The Bertz CT molecular complexity index is 200. The van der Waals surface area contributed by atoms with Crippen molar-refractivity contribution in [1.82, 2.24) is 0 Å². The van der Waals surface area contributed by atoms with Crippen LogP contribution in [0.5, 0.6) is 0 Å². The summed E-state index contributed by atoms with van der Waals surface area (Å²) in [7, 11) is 0. The lowest BCUT2D eigenvalue weighted by Gasteiger charge is -1.97. The van der Waals surface area contributed by atoms with Gasteiger partial charge in [-0.25, -0.2) is 4.79 Å². The van der Waals surface area contributed by atoms with E-state index in [2.05, 4.69) is 9.47 Å². The normalized spacial score (nSPS) is 10.0. The van der Waals surface area contributed by atoms with E-state index in [1.807, 2.05) is 0 Å². The van der Waals surface area contributed by atoms with E-state index in [1.165, 1.54) is 12.2 Å². The van der Waals surface area contributed by atoms with Crippen molar-refractivity contribution in [1.29, 1.82) is 0 Å². The molecule has 0 bridgehead atoms. The van der Waals surface area contributed by atoms with Crippen molar-refractivity contribution in [2.24, 2.45) is 0 Å². The fraction of sp³-hybridized carbons (Fsp3) is 0.500. The maximum atomic E-state index is 10.7. The van der Waals surface area contributed by atoms with Crippen LogP contribution >= 0.6 is 11.6 Å². The van der Waals surface area contributed by atoms with Crippen LogP contribution in [0.1, 0.15) is 6.92 Å². The van der Waals surface area contributed by atoms with Gasteiger partial charge in [-0.05, 0) is 13.0 Å².